The minimum absolute atomic E-state index is 0. The van der Waals surface area contributed by atoms with Crippen molar-refractivity contribution in [2.24, 2.45) is 0 Å². The molecule has 0 saturated carbocycles. The molecule has 12 aromatic rings. The molecule has 0 aliphatic rings. The molecule has 0 bridgehead atoms. The molecule has 0 aliphatic carbocycles. The highest BCUT2D eigenvalue weighted by molar-refractivity contribution is 6.12. The van der Waals surface area contributed by atoms with Crippen molar-refractivity contribution in [3.63, 3.8) is 0 Å². The van der Waals surface area contributed by atoms with Crippen molar-refractivity contribution in [3.8, 4) is 67.8 Å². The Balaban J connectivity index is 0.00000444. The van der Waals surface area contributed by atoms with E-state index < -0.39 is 0 Å². The molecule has 12 rings (SSSR count). The third kappa shape index (κ3) is 6.22. The maximum absolute atomic E-state index is 5.58. The second kappa shape index (κ2) is 15.6. The average Bonchev–Trinajstić information content (AvgIpc) is 3.87. The lowest BCUT2D eigenvalue weighted by Gasteiger charge is -2.20. The Morgan fingerprint density at radius 1 is 0.238 bits per heavy atom. The van der Waals surface area contributed by atoms with Gasteiger partial charge in [0.15, 0.2) is 17.5 Å². The van der Waals surface area contributed by atoms with E-state index in [2.05, 4.69) is 215 Å². The molecule has 5 nitrogen and oxygen atoms in total. The summed E-state index contributed by atoms with van der Waals surface area (Å²) in [6, 6.07) is 79.1. The summed E-state index contributed by atoms with van der Waals surface area (Å²) in [6.07, 6.45) is 0. The second-order valence-corrected chi connectivity index (χ2v) is 15.5. The summed E-state index contributed by atoms with van der Waals surface area (Å²) in [5.74, 6) is 1.77. The van der Waals surface area contributed by atoms with Crippen LogP contribution in [0.1, 0.15) is 0 Å². The van der Waals surface area contributed by atoms with Crippen LogP contribution < -0.4 is 0 Å². The standard InChI is InChI=1S/C57H37N5.BH4/c1-4-20-38(21-5-1)41-30-18-32-47(53(41)61-49-34-14-10-26-43(49)44-27-11-15-35-50(44)61)56-58-55(40-24-8-3-9-25-40)59-57(60-56)48-33-19-31-42(39-22-6-2-7-23-39)54(48)62-51-36-16-12-28-45(51)46-29-13-17-37-52(46)62;/h1-37H;1H4/q;-1. The molecule has 0 amide bonds. The van der Waals surface area contributed by atoms with Crippen LogP contribution in [0.5, 0.6) is 0 Å². The van der Waals surface area contributed by atoms with Crippen LogP contribution in [-0.4, -0.2) is 32.5 Å². The molecule has 3 heterocycles. The van der Waals surface area contributed by atoms with Gasteiger partial charge >= 0.3 is 0 Å². The van der Waals surface area contributed by atoms with Crippen LogP contribution in [0.2, 0.25) is 0 Å². The van der Waals surface area contributed by atoms with E-state index >= 15 is 0 Å². The predicted octanol–water partition coefficient (Wildman–Crippen LogP) is 12.9. The molecule has 298 valence electrons. The van der Waals surface area contributed by atoms with Gasteiger partial charge in [0.1, 0.15) is 0 Å². The molecule has 9 aromatic carbocycles. The van der Waals surface area contributed by atoms with Crippen molar-refractivity contribution < 1.29 is 0 Å². The Morgan fingerprint density at radius 3 is 0.889 bits per heavy atom. The molecular formula is C57H41BN5-. The highest BCUT2D eigenvalue weighted by Crippen LogP contribution is 2.44. The predicted molar refractivity (Wildman–Crippen MR) is 267 cm³/mol. The zero-order valence-corrected chi connectivity index (χ0v) is 33.6. The first kappa shape index (κ1) is 37.6. The van der Waals surface area contributed by atoms with Crippen LogP contribution >= 0.6 is 0 Å². The van der Waals surface area contributed by atoms with Gasteiger partial charge in [0.2, 0.25) is 0 Å². The summed E-state index contributed by atoms with van der Waals surface area (Å²) in [5.41, 5.74) is 13.5. The van der Waals surface area contributed by atoms with Gasteiger partial charge in [-0.25, -0.2) is 15.0 Å². The van der Waals surface area contributed by atoms with E-state index in [0.717, 1.165) is 72.4 Å². The normalized spacial score (nSPS) is 11.4. The van der Waals surface area contributed by atoms with E-state index in [4.69, 9.17) is 15.0 Å². The van der Waals surface area contributed by atoms with E-state index in [1.807, 2.05) is 18.2 Å². The SMILES string of the molecule is [BH4-].c1ccc(-c2nc(-c3cccc(-c4ccccc4)c3-n3c4ccccc4c4ccccc43)nc(-c3cccc(-c4ccccc4)c3-n3c4ccccc4c4ccccc43)n2)cc1. The quantitative estimate of drug-likeness (QED) is 0.151. The molecule has 0 N–H and O–H groups in total. The van der Waals surface area contributed by atoms with Crippen molar-refractivity contribution >= 4 is 52.0 Å². The first-order chi connectivity index (χ1) is 30.8. The van der Waals surface area contributed by atoms with Gasteiger partial charge in [-0.15, -0.1) is 0 Å². The number of aromatic nitrogens is 5. The highest BCUT2D eigenvalue weighted by Gasteiger charge is 2.25. The summed E-state index contributed by atoms with van der Waals surface area (Å²) in [6.45, 7) is 0. The minimum Gasteiger partial charge on any atom is -0.308 e. The average molecular weight is 807 g/mol. The summed E-state index contributed by atoms with van der Waals surface area (Å²) in [4.78, 5) is 16.4. The summed E-state index contributed by atoms with van der Waals surface area (Å²) < 4.78 is 4.79. The van der Waals surface area contributed by atoms with Crippen molar-refractivity contribution in [1.82, 2.24) is 24.1 Å². The molecule has 63 heavy (non-hydrogen) atoms. The summed E-state index contributed by atoms with van der Waals surface area (Å²) in [7, 11) is 0. The number of para-hydroxylation sites is 6. The fourth-order valence-corrected chi connectivity index (χ4v) is 9.29. The molecule has 0 fully saturated rings. The van der Waals surface area contributed by atoms with Crippen molar-refractivity contribution in [2.75, 3.05) is 0 Å². The molecule has 3 aromatic heterocycles. The monoisotopic (exact) mass is 806 g/mol. The van der Waals surface area contributed by atoms with Crippen LogP contribution in [0.15, 0.2) is 224 Å². The number of rotatable bonds is 7. The lowest BCUT2D eigenvalue weighted by molar-refractivity contribution is 1.06. The fourth-order valence-electron chi connectivity index (χ4n) is 9.29. The Morgan fingerprint density at radius 2 is 0.524 bits per heavy atom. The topological polar surface area (TPSA) is 48.5 Å². The Labute approximate surface area is 366 Å². The zero-order valence-electron chi connectivity index (χ0n) is 33.6. The molecule has 6 heteroatoms. The van der Waals surface area contributed by atoms with Gasteiger partial charge in [-0.2, -0.15) is 0 Å². The van der Waals surface area contributed by atoms with Gasteiger partial charge in [0.05, 0.1) is 33.4 Å². The Kier molecular flexibility index (Phi) is 9.32. The van der Waals surface area contributed by atoms with Crippen LogP contribution in [0.4, 0.5) is 0 Å². The van der Waals surface area contributed by atoms with E-state index in [0.29, 0.717) is 17.5 Å². The molecule has 0 spiro atoms. The van der Waals surface area contributed by atoms with Crippen molar-refractivity contribution in [1.29, 1.82) is 0 Å². The third-order valence-corrected chi connectivity index (χ3v) is 12.0. The largest absolute Gasteiger partial charge is 0.308 e. The molecule has 0 saturated heterocycles. The van der Waals surface area contributed by atoms with Gasteiger partial charge in [-0.1, -0.05) is 196 Å². The summed E-state index contributed by atoms with van der Waals surface area (Å²) >= 11 is 0. The second-order valence-electron chi connectivity index (χ2n) is 15.5. The first-order valence-electron chi connectivity index (χ1n) is 21.0. The van der Waals surface area contributed by atoms with Crippen molar-refractivity contribution in [2.45, 2.75) is 0 Å². The molecule has 0 radical (unpaired) electrons. The number of hydrogen-bond donors (Lipinski definition) is 0. The Hall–Kier alpha value is -8.35. The minimum atomic E-state index is 0. The maximum Gasteiger partial charge on any atom is 0.166 e. The molecule has 0 unspecified atom stereocenters. The van der Waals surface area contributed by atoms with Gasteiger partial charge < -0.3 is 9.13 Å². The first-order valence-corrected chi connectivity index (χ1v) is 21.0. The number of fused-ring (bicyclic) bond motifs is 6. The third-order valence-electron chi connectivity index (χ3n) is 12.0. The lowest BCUT2D eigenvalue weighted by atomic mass is 9.98. The molecule has 0 atom stereocenters. The molecular weight excluding hydrogens is 765 g/mol. The van der Waals surface area contributed by atoms with E-state index in [9.17, 15) is 0 Å². The van der Waals surface area contributed by atoms with Crippen LogP contribution in [0.3, 0.4) is 0 Å². The summed E-state index contributed by atoms with van der Waals surface area (Å²) in [5, 5.41) is 4.75. The van der Waals surface area contributed by atoms with Crippen LogP contribution in [0.25, 0.3) is 111 Å². The van der Waals surface area contributed by atoms with E-state index in [1.165, 1.54) is 21.5 Å². The molecule has 0 aliphatic heterocycles. The number of hydrogen-bond acceptors (Lipinski definition) is 3. The van der Waals surface area contributed by atoms with E-state index in [1.54, 1.807) is 0 Å². The van der Waals surface area contributed by atoms with Crippen LogP contribution in [-0.2, 0) is 0 Å². The lowest BCUT2D eigenvalue weighted by Crippen LogP contribution is -2.07. The van der Waals surface area contributed by atoms with Crippen molar-refractivity contribution in [3.05, 3.63) is 224 Å². The number of benzene rings is 9. The highest BCUT2D eigenvalue weighted by atomic mass is 15.1. The maximum atomic E-state index is 5.58. The van der Waals surface area contributed by atoms with Gasteiger partial charge in [-0.05, 0) is 47.5 Å². The van der Waals surface area contributed by atoms with E-state index in [-0.39, 0.29) is 8.41 Å². The van der Waals surface area contributed by atoms with Crippen LogP contribution in [0, 0.1) is 0 Å². The van der Waals surface area contributed by atoms with Gasteiger partial charge in [0, 0.05) is 49.4 Å². The zero-order chi connectivity index (χ0) is 41.0. The smallest absolute Gasteiger partial charge is 0.166 e. The fraction of sp³-hybridized carbons (Fsp3) is 0. The van der Waals surface area contributed by atoms with Gasteiger partial charge in [0.25, 0.3) is 0 Å². The number of nitrogens with zero attached hydrogens (tertiary/aromatic N) is 5. The van der Waals surface area contributed by atoms with Gasteiger partial charge in [-0.3, -0.25) is 0 Å². The Bertz CT molecular complexity index is 3310.